The molecule has 0 radical (unpaired) electrons. The van der Waals surface area contributed by atoms with Gasteiger partial charge in [0.15, 0.2) is 5.75 Å². The van der Waals surface area contributed by atoms with Crippen LogP contribution in [0.25, 0.3) is 22.0 Å². The Morgan fingerprint density at radius 3 is 2.68 bits per heavy atom. The summed E-state index contributed by atoms with van der Waals surface area (Å²) in [6, 6.07) is 6.05. The number of nitrogens with one attached hydrogen (secondary N) is 1. The maximum Gasteiger partial charge on any atom is 0.387 e. The van der Waals surface area contributed by atoms with Gasteiger partial charge in [-0.2, -0.15) is 8.78 Å². The molecule has 0 saturated heterocycles. The average molecular weight is 428 g/mol. The molecule has 1 aliphatic heterocycles. The first-order valence-corrected chi connectivity index (χ1v) is 9.81. The van der Waals surface area contributed by atoms with Crippen LogP contribution in [0.15, 0.2) is 35.3 Å². The summed E-state index contributed by atoms with van der Waals surface area (Å²) in [6.45, 7) is -2.11. The molecule has 31 heavy (non-hydrogen) atoms. The zero-order valence-corrected chi connectivity index (χ0v) is 16.2. The minimum absolute atomic E-state index is 0.00162. The molecule has 0 amide bonds. The number of phenols is 1. The first-order valence-electron chi connectivity index (χ1n) is 9.81. The number of pyridine rings is 1. The fourth-order valence-electron chi connectivity index (χ4n) is 4.20. The van der Waals surface area contributed by atoms with Crippen LogP contribution < -0.4 is 15.5 Å². The second kappa shape index (κ2) is 7.05. The monoisotopic (exact) mass is 428 g/mol. The van der Waals surface area contributed by atoms with Crippen molar-refractivity contribution in [1.82, 2.24) is 9.88 Å². The van der Waals surface area contributed by atoms with Crippen LogP contribution in [0.3, 0.4) is 0 Å². The van der Waals surface area contributed by atoms with Crippen molar-refractivity contribution in [2.75, 3.05) is 0 Å². The molecule has 0 unspecified atom stereocenters. The lowest BCUT2D eigenvalue weighted by atomic mass is 9.97. The van der Waals surface area contributed by atoms with Gasteiger partial charge in [-0.25, -0.2) is 4.79 Å². The number of halogens is 2. The molecule has 2 aliphatic rings. The Morgan fingerprint density at radius 1 is 1.23 bits per heavy atom. The molecule has 2 aromatic carbocycles. The molecule has 1 saturated carbocycles. The number of carbonyl (C=O) groups is 1. The van der Waals surface area contributed by atoms with Crippen molar-refractivity contribution in [3.8, 4) is 22.6 Å². The number of aromatic carboxylic acids is 1. The lowest BCUT2D eigenvalue weighted by molar-refractivity contribution is -0.0486. The Balaban J connectivity index is 1.84. The Bertz CT molecular complexity index is 1300. The predicted molar refractivity (Wildman–Crippen MR) is 108 cm³/mol. The van der Waals surface area contributed by atoms with Crippen LogP contribution in [-0.2, 0) is 13.1 Å². The summed E-state index contributed by atoms with van der Waals surface area (Å²) in [5, 5.41) is 23.0. The van der Waals surface area contributed by atoms with E-state index in [-0.39, 0.29) is 34.0 Å². The quantitative estimate of drug-likeness (QED) is 0.574. The summed E-state index contributed by atoms with van der Waals surface area (Å²) < 4.78 is 33.3. The van der Waals surface area contributed by atoms with E-state index in [0.29, 0.717) is 18.7 Å². The van der Waals surface area contributed by atoms with Gasteiger partial charge in [-0.1, -0.05) is 0 Å². The highest BCUT2D eigenvalue weighted by molar-refractivity contribution is 5.97. The SMILES string of the molecule is O=C(O)c1cn(C2CC2)c2c(OC(F)F)c(-c3cc(O)c4c(c3)CNC4)ccc2c1=O. The van der Waals surface area contributed by atoms with Crippen LogP contribution in [0.2, 0.25) is 0 Å². The Morgan fingerprint density at radius 2 is 2.00 bits per heavy atom. The minimum Gasteiger partial charge on any atom is -0.508 e. The second-order valence-corrected chi connectivity index (χ2v) is 7.77. The van der Waals surface area contributed by atoms with E-state index in [4.69, 9.17) is 4.74 Å². The highest BCUT2D eigenvalue weighted by Crippen LogP contribution is 2.44. The highest BCUT2D eigenvalue weighted by atomic mass is 19.3. The van der Waals surface area contributed by atoms with E-state index in [9.17, 15) is 28.6 Å². The fraction of sp³-hybridized carbons (Fsp3) is 0.273. The molecule has 0 bridgehead atoms. The van der Waals surface area contributed by atoms with Gasteiger partial charge in [-0.05, 0) is 48.2 Å². The van der Waals surface area contributed by atoms with Gasteiger partial charge < -0.3 is 24.8 Å². The van der Waals surface area contributed by atoms with Crippen LogP contribution in [0.1, 0.15) is 40.4 Å². The Kier molecular flexibility index (Phi) is 4.44. The maximum absolute atomic E-state index is 13.4. The van der Waals surface area contributed by atoms with E-state index in [2.05, 4.69) is 5.32 Å². The molecular formula is C22H18F2N2O5. The lowest BCUT2D eigenvalue weighted by Gasteiger charge is -2.19. The molecule has 9 heteroatoms. The zero-order chi connectivity index (χ0) is 21.9. The number of nitrogens with zero attached hydrogens (tertiary/aromatic N) is 1. The number of hydrogen-bond donors (Lipinski definition) is 3. The average Bonchev–Trinajstić information content (AvgIpc) is 3.44. The van der Waals surface area contributed by atoms with E-state index in [0.717, 1.165) is 24.0 Å². The van der Waals surface area contributed by atoms with Crippen LogP contribution in [0.5, 0.6) is 11.5 Å². The molecule has 5 rings (SSSR count). The topological polar surface area (TPSA) is 101 Å². The molecule has 3 N–H and O–H groups in total. The van der Waals surface area contributed by atoms with E-state index < -0.39 is 23.6 Å². The highest BCUT2D eigenvalue weighted by Gasteiger charge is 2.30. The van der Waals surface area contributed by atoms with Crippen molar-refractivity contribution in [1.29, 1.82) is 0 Å². The smallest absolute Gasteiger partial charge is 0.387 e. The normalized spacial score (nSPS) is 15.5. The maximum atomic E-state index is 13.4. The number of benzene rings is 2. The minimum atomic E-state index is -3.16. The number of hydrogen-bond acceptors (Lipinski definition) is 5. The summed E-state index contributed by atoms with van der Waals surface area (Å²) >= 11 is 0. The van der Waals surface area contributed by atoms with Crippen molar-refractivity contribution in [2.45, 2.75) is 38.6 Å². The number of rotatable bonds is 5. The number of fused-ring (bicyclic) bond motifs is 2. The number of aromatic hydroxyl groups is 1. The Hall–Kier alpha value is -3.46. The summed E-state index contributed by atoms with van der Waals surface area (Å²) in [5.74, 6) is -1.54. The van der Waals surface area contributed by atoms with Crippen LogP contribution in [0.4, 0.5) is 8.78 Å². The van der Waals surface area contributed by atoms with Gasteiger partial charge in [-0.15, -0.1) is 0 Å². The summed E-state index contributed by atoms with van der Waals surface area (Å²) in [6.07, 6.45) is 2.68. The molecule has 7 nitrogen and oxygen atoms in total. The van der Waals surface area contributed by atoms with E-state index in [1.165, 1.54) is 24.4 Å². The first-order chi connectivity index (χ1) is 14.8. The zero-order valence-electron chi connectivity index (χ0n) is 16.2. The van der Waals surface area contributed by atoms with E-state index in [1.54, 1.807) is 10.6 Å². The van der Waals surface area contributed by atoms with Crippen molar-refractivity contribution >= 4 is 16.9 Å². The standard InChI is InChI=1S/C22H18F2N2O5/c23-22(24)31-20-13(10-5-11-7-25-8-15(11)17(27)6-10)3-4-14-18(20)26(12-1-2-12)9-16(19(14)28)21(29)30/h3-6,9,12,22,25,27H,1-2,7-8H2,(H,29,30). The van der Waals surface area contributed by atoms with Gasteiger partial charge in [0.05, 0.1) is 10.9 Å². The van der Waals surface area contributed by atoms with Crippen molar-refractivity contribution < 1.29 is 28.5 Å². The van der Waals surface area contributed by atoms with Crippen LogP contribution >= 0.6 is 0 Å². The molecule has 3 aromatic rings. The fourth-order valence-corrected chi connectivity index (χ4v) is 4.20. The van der Waals surface area contributed by atoms with Crippen LogP contribution in [-0.4, -0.2) is 27.4 Å². The first kappa shape index (κ1) is 19.5. The summed E-state index contributed by atoms with van der Waals surface area (Å²) in [5.41, 5.74) is 1.31. The van der Waals surface area contributed by atoms with Crippen LogP contribution in [0, 0.1) is 0 Å². The molecular weight excluding hydrogens is 410 g/mol. The predicted octanol–water partition coefficient (Wildman–Crippen LogP) is 3.61. The summed E-state index contributed by atoms with van der Waals surface area (Å²) in [7, 11) is 0. The van der Waals surface area contributed by atoms with Gasteiger partial charge in [0.25, 0.3) is 0 Å². The van der Waals surface area contributed by atoms with Gasteiger partial charge >= 0.3 is 12.6 Å². The van der Waals surface area contributed by atoms with Crippen molar-refractivity contribution in [2.24, 2.45) is 0 Å². The molecule has 0 atom stereocenters. The third-order valence-corrected chi connectivity index (χ3v) is 5.77. The third-order valence-electron chi connectivity index (χ3n) is 5.77. The lowest BCUT2D eigenvalue weighted by Crippen LogP contribution is -2.19. The van der Waals surface area contributed by atoms with Gasteiger partial charge in [0.1, 0.15) is 11.3 Å². The van der Waals surface area contributed by atoms with E-state index >= 15 is 0 Å². The second-order valence-electron chi connectivity index (χ2n) is 7.77. The van der Waals surface area contributed by atoms with Gasteiger partial charge in [0, 0.05) is 36.5 Å². The van der Waals surface area contributed by atoms with E-state index in [1.807, 2.05) is 0 Å². The van der Waals surface area contributed by atoms with Crippen molar-refractivity contribution in [3.63, 3.8) is 0 Å². The number of alkyl halides is 2. The largest absolute Gasteiger partial charge is 0.508 e. The molecule has 2 heterocycles. The third kappa shape index (κ3) is 3.21. The summed E-state index contributed by atoms with van der Waals surface area (Å²) in [4.78, 5) is 24.3. The Labute approximate surface area is 174 Å². The molecule has 0 spiro atoms. The molecule has 1 aliphatic carbocycles. The molecule has 160 valence electrons. The molecule has 1 fully saturated rings. The number of ether oxygens (including phenoxy) is 1. The van der Waals surface area contributed by atoms with Crippen molar-refractivity contribution in [3.05, 3.63) is 57.4 Å². The number of aromatic nitrogens is 1. The van der Waals surface area contributed by atoms with Gasteiger partial charge in [0.2, 0.25) is 5.43 Å². The number of phenolic OH excluding ortho intramolecular Hbond substituents is 1. The number of carboxylic acid groups (broad SMARTS) is 1. The number of carboxylic acids is 1. The van der Waals surface area contributed by atoms with Gasteiger partial charge in [-0.3, -0.25) is 4.79 Å². The molecule has 1 aromatic heterocycles.